The van der Waals surface area contributed by atoms with Crippen LogP contribution in [-0.2, 0) is 23.4 Å². The lowest BCUT2D eigenvalue weighted by Gasteiger charge is -2.25. The Hall–Kier alpha value is -3.45. The summed E-state index contributed by atoms with van der Waals surface area (Å²) in [4.78, 5) is 41.3. The smallest absolute Gasteiger partial charge is 0.459 e. The van der Waals surface area contributed by atoms with Crippen LogP contribution >= 0.6 is 7.75 Å². The molecular weight excluding hydrogens is 523 g/mol. The van der Waals surface area contributed by atoms with Gasteiger partial charge in [-0.25, -0.2) is 9.36 Å². The molecule has 1 aliphatic heterocycles. The minimum Gasteiger partial charge on any atom is -0.462 e. The van der Waals surface area contributed by atoms with Crippen molar-refractivity contribution < 1.29 is 33.0 Å². The number of hydrogen-bond acceptors (Lipinski definition) is 10. The highest BCUT2D eigenvalue weighted by atomic mass is 31.2. The third-order valence-corrected chi connectivity index (χ3v) is 7.02. The van der Waals surface area contributed by atoms with Crippen LogP contribution in [0.5, 0.6) is 5.75 Å². The standard InChI is InChI=1S/C22H29N6O9P/c1-12(2)35-21(31)14(4)26-38(33,37-15-8-6-5-7-9-15)34-11-16-18(29)17(25-27-23)20(36-16)28-10-13(3)19(30)24-22(28)32/h5-10,12,14,16-18,20,29H,11H2,1-4H3,(H,26,33)(H,24,30,32)/t14-,16+,17+,18+,20+,38+/m0/s1. The molecule has 0 radical (unpaired) electrons. The highest BCUT2D eigenvalue weighted by Crippen LogP contribution is 2.46. The summed E-state index contributed by atoms with van der Waals surface area (Å²) in [6, 6.07) is 5.64. The number of hydrogen-bond donors (Lipinski definition) is 3. The number of aryl methyl sites for hydroxylation is 1. The molecule has 38 heavy (non-hydrogen) atoms. The van der Waals surface area contributed by atoms with E-state index < -0.39 is 68.2 Å². The lowest BCUT2D eigenvalue weighted by molar-refractivity contribution is -0.149. The number of nitrogens with one attached hydrogen (secondary N) is 2. The van der Waals surface area contributed by atoms with Crippen molar-refractivity contribution in [1.82, 2.24) is 14.6 Å². The molecule has 15 nitrogen and oxygen atoms in total. The number of esters is 1. The van der Waals surface area contributed by atoms with Crippen LogP contribution in [0.15, 0.2) is 51.2 Å². The Bertz CT molecular complexity index is 1340. The van der Waals surface area contributed by atoms with Gasteiger partial charge in [-0.2, -0.15) is 5.09 Å². The summed E-state index contributed by atoms with van der Waals surface area (Å²) in [7, 11) is -4.29. The molecule has 1 aromatic heterocycles. The van der Waals surface area contributed by atoms with Gasteiger partial charge in [0.05, 0.1) is 18.8 Å². The summed E-state index contributed by atoms with van der Waals surface area (Å²) in [5, 5.41) is 16.8. The summed E-state index contributed by atoms with van der Waals surface area (Å²) >= 11 is 0. The molecule has 6 atom stereocenters. The third-order valence-electron chi connectivity index (χ3n) is 5.38. The molecule has 0 saturated carbocycles. The van der Waals surface area contributed by atoms with E-state index in [2.05, 4.69) is 20.1 Å². The minimum absolute atomic E-state index is 0.167. The summed E-state index contributed by atoms with van der Waals surface area (Å²) < 4.78 is 36.6. The first-order valence-electron chi connectivity index (χ1n) is 11.6. The average Bonchev–Trinajstić information content (AvgIpc) is 3.15. The zero-order valence-electron chi connectivity index (χ0n) is 21.1. The zero-order valence-corrected chi connectivity index (χ0v) is 22.0. The summed E-state index contributed by atoms with van der Waals surface area (Å²) in [5.74, 6) is -0.533. The van der Waals surface area contributed by atoms with Crippen molar-refractivity contribution in [2.45, 2.75) is 64.3 Å². The number of aromatic nitrogens is 2. The van der Waals surface area contributed by atoms with Crippen molar-refractivity contribution in [3.8, 4) is 5.75 Å². The molecule has 0 amide bonds. The van der Waals surface area contributed by atoms with Crippen molar-refractivity contribution in [1.29, 1.82) is 0 Å². The van der Waals surface area contributed by atoms with Crippen molar-refractivity contribution in [3.05, 3.63) is 73.4 Å². The molecule has 1 saturated heterocycles. The largest absolute Gasteiger partial charge is 0.462 e. The Balaban J connectivity index is 1.84. The van der Waals surface area contributed by atoms with Crippen molar-refractivity contribution in [2.75, 3.05) is 6.61 Å². The number of nitrogens with zero attached hydrogens (tertiary/aromatic N) is 4. The second kappa shape index (κ2) is 12.4. The fraction of sp³-hybridized carbons (Fsp3) is 0.500. The number of carbonyl (C=O) groups is 1. The van der Waals surface area contributed by atoms with E-state index in [9.17, 15) is 24.1 Å². The zero-order chi connectivity index (χ0) is 28.0. The highest BCUT2D eigenvalue weighted by molar-refractivity contribution is 7.52. The normalized spacial score (nSPS) is 23.3. The number of ether oxygens (including phenoxy) is 2. The topological polar surface area (TPSA) is 207 Å². The second-order valence-electron chi connectivity index (χ2n) is 8.76. The molecule has 1 aromatic carbocycles. The fourth-order valence-electron chi connectivity index (χ4n) is 3.56. The van der Waals surface area contributed by atoms with Gasteiger partial charge in [0.1, 0.15) is 30.2 Å². The number of aromatic amines is 1. The molecule has 0 bridgehead atoms. The number of H-pyrrole nitrogens is 1. The Morgan fingerprint density at radius 3 is 2.63 bits per heavy atom. The van der Waals surface area contributed by atoms with Crippen LogP contribution in [0.4, 0.5) is 0 Å². The maximum Gasteiger partial charge on any atom is 0.459 e. The number of benzene rings is 1. The molecule has 0 unspecified atom stereocenters. The van der Waals surface area contributed by atoms with E-state index in [0.29, 0.717) is 0 Å². The Kier molecular flexibility index (Phi) is 9.50. The molecule has 2 aromatic rings. The van der Waals surface area contributed by atoms with Gasteiger partial charge >= 0.3 is 19.4 Å². The van der Waals surface area contributed by atoms with Gasteiger partial charge in [-0.15, -0.1) is 0 Å². The van der Waals surface area contributed by atoms with E-state index in [0.717, 1.165) is 4.57 Å². The van der Waals surface area contributed by atoms with Crippen molar-refractivity contribution >= 4 is 13.7 Å². The van der Waals surface area contributed by atoms with Gasteiger partial charge in [-0.3, -0.25) is 23.7 Å². The fourth-order valence-corrected chi connectivity index (χ4v) is 5.06. The third kappa shape index (κ3) is 7.10. The maximum absolute atomic E-state index is 13.7. The monoisotopic (exact) mass is 552 g/mol. The van der Waals surface area contributed by atoms with Crippen LogP contribution in [-0.4, -0.2) is 57.6 Å². The number of para-hydroxylation sites is 1. The van der Waals surface area contributed by atoms with E-state index in [-0.39, 0.29) is 11.3 Å². The van der Waals surface area contributed by atoms with E-state index in [1.165, 1.54) is 32.2 Å². The highest BCUT2D eigenvalue weighted by Gasteiger charge is 2.46. The van der Waals surface area contributed by atoms with Gasteiger partial charge in [0.15, 0.2) is 0 Å². The molecule has 1 aliphatic rings. The number of aliphatic hydroxyl groups excluding tert-OH is 1. The lowest BCUT2D eigenvalue weighted by atomic mass is 10.1. The lowest BCUT2D eigenvalue weighted by Crippen LogP contribution is -2.38. The Labute approximate surface area is 216 Å². The quantitative estimate of drug-likeness (QED) is 0.121. The molecule has 3 N–H and O–H groups in total. The van der Waals surface area contributed by atoms with Gasteiger partial charge < -0.3 is 19.1 Å². The van der Waals surface area contributed by atoms with Crippen molar-refractivity contribution in [3.63, 3.8) is 0 Å². The van der Waals surface area contributed by atoms with E-state index >= 15 is 0 Å². The van der Waals surface area contributed by atoms with E-state index in [1.54, 1.807) is 32.0 Å². The van der Waals surface area contributed by atoms with Crippen LogP contribution in [0, 0.1) is 6.92 Å². The van der Waals surface area contributed by atoms with Crippen LogP contribution in [0.1, 0.15) is 32.6 Å². The van der Waals surface area contributed by atoms with Crippen molar-refractivity contribution in [2.24, 2.45) is 5.11 Å². The minimum atomic E-state index is -4.29. The number of aliphatic hydroxyl groups is 1. The van der Waals surface area contributed by atoms with Crippen LogP contribution in [0.3, 0.4) is 0 Å². The second-order valence-corrected chi connectivity index (χ2v) is 10.5. The average molecular weight is 552 g/mol. The first-order valence-corrected chi connectivity index (χ1v) is 13.2. The van der Waals surface area contributed by atoms with E-state index in [4.69, 9.17) is 24.1 Å². The summed E-state index contributed by atoms with van der Waals surface area (Å²) in [5.41, 5.74) is 7.71. The predicted octanol–water partition coefficient (Wildman–Crippen LogP) is 1.92. The number of rotatable bonds is 11. The number of azide groups is 1. The van der Waals surface area contributed by atoms with Gasteiger partial charge in [0.2, 0.25) is 0 Å². The van der Waals surface area contributed by atoms with Gasteiger partial charge in [0, 0.05) is 16.7 Å². The summed E-state index contributed by atoms with van der Waals surface area (Å²) in [6.07, 6.45) is -3.27. The van der Waals surface area contributed by atoms with Gasteiger partial charge in [0.25, 0.3) is 5.56 Å². The maximum atomic E-state index is 13.7. The number of carbonyl (C=O) groups excluding carboxylic acids is 1. The van der Waals surface area contributed by atoms with Crippen LogP contribution in [0.2, 0.25) is 0 Å². The molecule has 1 fully saturated rings. The SMILES string of the molecule is Cc1cn([C@@H]2O[C@H](CO[P@](=O)(N[C@@H](C)C(=O)OC(C)C)Oc3ccccc3)[C@@H](O)[C@H]2N=[N+]=[N-])c(=O)[nH]c1=O. The molecule has 206 valence electrons. The Morgan fingerprint density at radius 2 is 2.00 bits per heavy atom. The molecule has 16 heteroatoms. The molecule has 0 spiro atoms. The molecule has 3 rings (SSSR count). The van der Waals surface area contributed by atoms with E-state index in [1.807, 2.05) is 0 Å². The van der Waals surface area contributed by atoms with Crippen LogP contribution < -0.4 is 20.9 Å². The van der Waals surface area contributed by atoms with Gasteiger partial charge in [-0.1, -0.05) is 23.3 Å². The Morgan fingerprint density at radius 1 is 1.32 bits per heavy atom. The molecule has 0 aliphatic carbocycles. The van der Waals surface area contributed by atoms with Crippen LogP contribution in [0.25, 0.3) is 10.4 Å². The molecule has 2 heterocycles. The summed E-state index contributed by atoms with van der Waals surface area (Å²) in [6.45, 7) is 5.62. The molecular formula is C22H29N6O9P. The van der Waals surface area contributed by atoms with Gasteiger partial charge in [-0.05, 0) is 45.4 Å². The first-order chi connectivity index (χ1) is 17.9. The predicted molar refractivity (Wildman–Crippen MR) is 133 cm³/mol. The first kappa shape index (κ1) is 29.1.